The van der Waals surface area contributed by atoms with Crippen LogP contribution in [0.5, 0.6) is 0 Å². The molecule has 17 heavy (non-hydrogen) atoms. The Kier molecular flexibility index (Phi) is 2.82. The summed E-state index contributed by atoms with van der Waals surface area (Å²) < 4.78 is 0. The van der Waals surface area contributed by atoms with Gasteiger partial charge in [-0.25, -0.2) is 0 Å². The summed E-state index contributed by atoms with van der Waals surface area (Å²) in [7, 11) is 0. The molecule has 0 nitrogen and oxygen atoms in total. The second kappa shape index (κ2) is 4.33. The molecule has 0 N–H and O–H groups in total. The highest BCUT2D eigenvalue weighted by Gasteiger charge is 2.48. The summed E-state index contributed by atoms with van der Waals surface area (Å²) in [4.78, 5) is 0. The molecule has 1 aromatic carbocycles. The van der Waals surface area contributed by atoms with E-state index in [4.69, 9.17) is 0 Å². The summed E-state index contributed by atoms with van der Waals surface area (Å²) in [5.74, 6) is 1.67. The van der Waals surface area contributed by atoms with Gasteiger partial charge in [0.1, 0.15) is 0 Å². The Morgan fingerprint density at radius 2 is 2.00 bits per heavy atom. The quantitative estimate of drug-likeness (QED) is 0.652. The van der Waals surface area contributed by atoms with E-state index in [1.165, 1.54) is 32.1 Å². The SMILES string of the molecule is CCCCC1(c2ccccc2)CC2C=CC1C2. The first-order chi connectivity index (χ1) is 8.35. The van der Waals surface area contributed by atoms with E-state index in [9.17, 15) is 0 Å². The van der Waals surface area contributed by atoms with Crippen molar-refractivity contribution in [3.8, 4) is 0 Å². The Morgan fingerprint density at radius 3 is 2.59 bits per heavy atom. The molecule has 3 atom stereocenters. The van der Waals surface area contributed by atoms with Crippen LogP contribution in [0.25, 0.3) is 0 Å². The fraction of sp³-hybridized carbons (Fsp3) is 0.529. The number of fused-ring (bicyclic) bond motifs is 2. The number of unbranched alkanes of at least 4 members (excludes halogenated alkanes) is 1. The minimum atomic E-state index is 0.469. The Labute approximate surface area is 105 Å². The number of hydrogen-bond acceptors (Lipinski definition) is 0. The molecular formula is C17H22. The number of hydrogen-bond donors (Lipinski definition) is 0. The van der Waals surface area contributed by atoms with Gasteiger partial charge in [-0.2, -0.15) is 0 Å². The fourth-order valence-electron chi connectivity index (χ4n) is 3.98. The largest absolute Gasteiger partial charge is 0.0851 e. The average Bonchev–Trinajstić information content (AvgIpc) is 2.98. The van der Waals surface area contributed by atoms with Crippen LogP contribution in [0.2, 0.25) is 0 Å². The Morgan fingerprint density at radius 1 is 1.18 bits per heavy atom. The molecule has 3 unspecified atom stereocenters. The van der Waals surface area contributed by atoms with Crippen molar-refractivity contribution in [2.24, 2.45) is 11.8 Å². The molecule has 0 heteroatoms. The van der Waals surface area contributed by atoms with Gasteiger partial charge in [0.25, 0.3) is 0 Å². The lowest BCUT2D eigenvalue weighted by atomic mass is 9.67. The zero-order chi connectivity index (χ0) is 11.7. The molecule has 2 aliphatic rings. The lowest BCUT2D eigenvalue weighted by Crippen LogP contribution is -2.30. The minimum Gasteiger partial charge on any atom is -0.0851 e. The highest BCUT2D eigenvalue weighted by Crippen LogP contribution is 2.55. The molecule has 0 amide bonds. The molecule has 0 aromatic heterocycles. The van der Waals surface area contributed by atoms with Crippen LogP contribution in [-0.4, -0.2) is 0 Å². The first-order valence-electron chi connectivity index (χ1n) is 7.09. The molecule has 0 heterocycles. The van der Waals surface area contributed by atoms with Crippen molar-refractivity contribution in [1.82, 2.24) is 0 Å². The molecule has 0 spiro atoms. The van der Waals surface area contributed by atoms with E-state index < -0.39 is 0 Å². The fourth-order valence-corrected chi connectivity index (χ4v) is 3.98. The molecule has 1 aromatic rings. The van der Waals surface area contributed by atoms with Crippen molar-refractivity contribution in [1.29, 1.82) is 0 Å². The first-order valence-corrected chi connectivity index (χ1v) is 7.09. The lowest BCUT2D eigenvalue weighted by Gasteiger charge is -2.36. The van der Waals surface area contributed by atoms with Gasteiger partial charge in [0.2, 0.25) is 0 Å². The highest BCUT2D eigenvalue weighted by atomic mass is 14.5. The number of benzene rings is 1. The van der Waals surface area contributed by atoms with Crippen LogP contribution in [-0.2, 0) is 5.41 Å². The van der Waals surface area contributed by atoms with Crippen molar-refractivity contribution >= 4 is 0 Å². The van der Waals surface area contributed by atoms with Crippen LogP contribution < -0.4 is 0 Å². The molecular weight excluding hydrogens is 204 g/mol. The molecule has 0 radical (unpaired) electrons. The van der Waals surface area contributed by atoms with Gasteiger partial charge >= 0.3 is 0 Å². The molecule has 0 aliphatic heterocycles. The van der Waals surface area contributed by atoms with Crippen molar-refractivity contribution < 1.29 is 0 Å². The van der Waals surface area contributed by atoms with Gasteiger partial charge in [0, 0.05) is 5.41 Å². The first kappa shape index (κ1) is 11.1. The summed E-state index contributed by atoms with van der Waals surface area (Å²) in [6.45, 7) is 2.31. The lowest BCUT2D eigenvalue weighted by molar-refractivity contribution is 0.320. The molecule has 1 saturated carbocycles. The van der Waals surface area contributed by atoms with E-state index in [1.807, 2.05) is 0 Å². The topological polar surface area (TPSA) is 0 Å². The van der Waals surface area contributed by atoms with E-state index in [0.717, 1.165) is 11.8 Å². The molecule has 2 bridgehead atoms. The summed E-state index contributed by atoms with van der Waals surface area (Å²) >= 11 is 0. The van der Waals surface area contributed by atoms with Gasteiger partial charge < -0.3 is 0 Å². The smallest absolute Gasteiger partial charge is 0.00215 e. The predicted molar refractivity (Wildman–Crippen MR) is 73.0 cm³/mol. The maximum Gasteiger partial charge on any atom is 0.00215 e. The molecule has 3 rings (SSSR count). The van der Waals surface area contributed by atoms with Crippen molar-refractivity contribution in [3.63, 3.8) is 0 Å². The second-order valence-corrected chi connectivity index (χ2v) is 5.82. The molecule has 90 valence electrons. The zero-order valence-electron chi connectivity index (χ0n) is 10.7. The number of allylic oxidation sites excluding steroid dienone is 2. The maximum absolute atomic E-state index is 2.50. The number of rotatable bonds is 4. The Balaban J connectivity index is 1.95. The predicted octanol–water partition coefficient (Wildman–Crippen LogP) is 4.71. The van der Waals surface area contributed by atoms with Crippen LogP contribution in [0.1, 0.15) is 44.6 Å². The van der Waals surface area contributed by atoms with Crippen LogP contribution >= 0.6 is 0 Å². The summed E-state index contributed by atoms with van der Waals surface area (Å²) in [5, 5.41) is 0. The van der Waals surface area contributed by atoms with E-state index >= 15 is 0 Å². The minimum absolute atomic E-state index is 0.469. The van der Waals surface area contributed by atoms with Crippen LogP contribution in [0.4, 0.5) is 0 Å². The normalized spacial score (nSPS) is 34.4. The summed E-state index contributed by atoms with van der Waals surface area (Å²) in [6.07, 6.45) is 11.8. The molecule has 0 saturated heterocycles. The Hall–Kier alpha value is -1.04. The van der Waals surface area contributed by atoms with Gasteiger partial charge in [0.05, 0.1) is 0 Å². The van der Waals surface area contributed by atoms with Crippen LogP contribution in [0.15, 0.2) is 42.5 Å². The monoisotopic (exact) mass is 226 g/mol. The van der Waals surface area contributed by atoms with Crippen LogP contribution in [0, 0.1) is 11.8 Å². The van der Waals surface area contributed by atoms with Crippen molar-refractivity contribution in [3.05, 3.63) is 48.0 Å². The van der Waals surface area contributed by atoms with E-state index in [-0.39, 0.29) is 0 Å². The van der Waals surface area contributed by atoms with E-state index in [1.54, 1.807) is 5.56 Å². The van der Waals surface area contributed by atoms with E-state index in [2.05, 4.69) is 49.4 Å². The van der Waals surface area contributed by atoms with Gasteiger partial charge in [-0.05, 0) is 36.7 Å². The van der Waals surface area contributed by atoms with Crippen molar-refractivity contribution in [2.45, 2.75) is 44.4 Å². The van der Waals surface area contributed by atoms with Crippen LogP contribution in [0.3, 0.4) is 0 Å². The zero-order valence-corrected chi connectivity index (χ0v) is 10.7. The summed E-state index contributed by atoms with van der Waals surface area (Å²) in [5.41, 5.74) is 2.06. The Bertz CT molecular complexity index is 403. The third kappa shape index (κ3) is 1.74. The van der Waals surface area contributed by atoms with Gasteiger partial charge in [-0.15, -0.1) is 0 Å². The summed E-state index contributed by atoms with van der Waals surface area (Å²) in [6, 6.07) is 11.3. The highest BCUT2D eigenvalue weighted by molar-refractivity contribution is 5.33. The van der Waals surface area contributed by atoms with Gasteiger partial charge in [0.15, 0.2) is 0 Å². The third-order valence-corrected chi connectivity index (χ3v) is 4.83. The third-order valence-electron chi connectivity index (χ3n) is 4.83. The molecule has 1 fully saturated rings. The van der Waals surface area contributed by atoms with Gasteiger partial charge in [-0.1, -0.05) is 62.2 Å². The maximum atomic E-state index is 2.50. The van der Waals surface area contributed by atoms with Crippen molar-refractivity contribution in [2.75, 3.05) is 0 Å². The van der Waals surface area contributed by atoms with Gasteiger partial charge in [-0.3, -0.25) is 0 Å². The average molecular weight is 226 g/mol. The standard InChI is InChI=1S/C17H22/c1-2-3-11-17(15-7-5-4-6-8-15)13-14-9-10-16(17)12-14/h4-10,14,16H,2-3,11-13H2,1H3. The molecule has 2 aliphatic carbocycles. The second-order valence-electron chi connectivity index (χ2n) is 5.82. The van der Waals surface area contributed by atoms with E-state index in [0.29, 0.717) is 5.41 Å².